The second-order valence-electron chi connectivity index (χ2n) is 3.39. The summed E-state index contributed by atoms with van der Waals surface area (Å²) in [6, 6.07) is 5.57. The molecule has 0 radical (unpaired) electrons. The lowest BCUT2D eigenvalue weighted by molar-refractivity contribution is 0.124. The average Bonchev–Trinajstić information content (AvgIpc) is 2.94. The van der Waals surface area contributed by atoms with Gasteiger partial charge in [-0.05, 0) is 30.5 Å². The van der Waals surface area contributed by atoms with Gasteiger partial charge in [-0.15, -0.1) is 0 Å². The van der Waals surface area contributed by atoms with Gasteiger partial charge in [0.1, 0.15) is 5.75 Å². The van der Waals surface area contributed by atoms with Gasteiger partial charge in [-0.2, -0.15) is 0 Å². The molecule has 0 amide bonds. The molecule has 1 aromatic rings. The Balaban J connectivity index is 2.09. The van der Waals surface area contributed by atoms with Gasteiger partial charge in [0.15, 0.2) is 0 Å². The van der Waals surface area contributed by atoms with E-state index in [1.54, 1.807) is 0 Å². The highest BCUT2D eigenvalue weighted by Gasteiger charge is 2.24. The molecule has 1 aliphatic rings. The maximum Gasteiger partial charge on any atom is 0.138 e. The first kappa shape index (κ1) is 9.77. The largest absolute Gasteiger partial charge is 0.489 e. The predicted molar refractivity (Wildman–Crippen MR) is 54.1 cm³/mol. The minimum Gasteiger partial charge on any atom is -0.489 e. The van der Waals surface area contributed by atoms with Crippen molar-refractivity contribution in [3.8, 4) is 5.75 Å². The Morgan fingerprint density at radius 1 is 1.43 bits per heavy atom. The molecule has 1 aromatic carbocycles. The molecule has 0 aliphatic heterocycles. The third-order valence-corrected chi connectivity index (χ3v) is 2.36. The molecule has 14 heavy (non-hydrogen) atoms. The smallest absolute Gasteiger partial charge is 0.138 e. The highest BCUT2D eigenvalue weighted by atomic mass is 35.5. The summed E-state index contributed by atoms with van der Waals surface area (Å²) >= 11 is 6.02. The molecule has 1 fully saturated rings. The number of nitrogens with two attached hydrogens (primary N) is 1. The molecule has 4 heteroatoms. The van der Waals surface area contributed by atoms with Gasteiger partial charge in [0.05, 0.1) is 17.7 Å². The first-order valence-corrected chi connectivity index (χ1v) is 4.94. The van der Waals surface area contributed by atoms with E-state index in [0.29, 0.717) is 17.7 Å². The minimum atomic E-state index is 0.365. The molecule has 0 bridgehead atoms. The molecule has 0 spiro atoms. The lowest BCUT2D eigenvalue weighted by Gasteiger charge is -2.07. The van der Waals surface area contributed by atoms with Gasteiger partial charge in [-0.3, -0.25) is 4.84 Å². The molecule has 0 atom stereocenters. The van der Waals surface area contributed by atoms with Gasteiger partial charge in [0, 0.05) is 0 Å². The fourth-order valence-electron chi connectivity index (χ4n) is 1.19. The summed E-state index contributed by atoms with van der Waals surface area (Å²) in [7, 11) is 0. The summed E-state index contributed by atoms with van der Waals surface area (Å²) in [4.78, 5) is 4.52. The Bertz CT molecular complexity index is 326. The van der Waals surface area contributed by atoms with Crippen molar-refractivity contribution in [2.45, 2.75) is 25.6 Å². The van der Waals surface area contributed by atoms with Crippen LogP contribution in [0, 0.1) is 0 Å². The maximum atomic E-state index is 6.02. The summed E-state index contributed by atoms with van der Waals surface area (Å²) < 4.78 is 5.59. The van der Waals surface area contributed by atoms with E-state index in [9.17, 15) is 0 Å². The molecular formula is C10H12ClNO2. The van der Waals surface area contributed by atoms with Crippen LogP contribution in [-0.4, -0.2) is 6.10 Å². The van der Waals surface area contributed by atoms with Crippen LogP contribution in [0.4, 0.5) is 0 Å². The van der Waals surface area contributed by atoms with Crippen LogP contribution in [0.3, 0.4) is 0 Å². The highest BCUT2D eigenvalue weighted by molar-refractivity contribution is 6.32. The van der Waals surface area contributed by atoms with E-state index in [2.05, 4.69) is 4.84 Å². The van der Waals surface area contributed by atoms with Crippen molar-refractivity contribution < 1.29 is 9.57 Å². The summed E-state index contributed by atoms with van der Waals surface area (Å²) in [6.45, 7) is 0.365. The van der Waals surface area contributed by atoms with E-state index in [4.69, 9.17) is 22.2 Å². The van der Waals surface area contributed by atoms with Crippen molar-refractivity contribution in [1.82, 2.24) is 0 Å². The quantitative estimate of drug-likeness (QED) is 0.781. The van der Waals surface area contributed by atoms with Crippen molar-refractivity contribution >= 4 is 11.6 Å². The Kier molecular flexibility index (Phi) is 2.91. The van der Waals surface area contributed by atoms with E-state index >= 15 is 0 Å². The van der Waals surface area contributed by atoms with Crippen molar-refractivity contribution in [3.05, 3.63) is 28.8 Å². The van der Waals surface area contributed by atoms with Gasteiger partial charge < -0.3 is 4.74 Å². The summed E-state index contributed by atoms with van der Waals surface area (Å²) in [5.74, 6) is 5.71. The standard InChI is InChI=1S/C10H12ClNO2/c11-9-5-7(6-13-12)1-4-10(9)14-8-2-3-8/h1,4-5,8H,2-3,6,12H2. The molecule has 0 heterocycles. The van der Waals surface area contributed by atoms with Gasteiger partial charge in [0.25, 0.3) is 0 Å². The summed E-state index contributed by atoms with van der Waals surface area (Å²) in [5.41, 5.74) is 0.945. The Morgan fingerprint density at radius 3 is 2.79 bits per heavy atom. The second-order valence-corrected chi connectivity index (χ2v) is 3.80. The average molecular weight is 214 g/mol. The zero-order chi connectivity index (χ0) is 9.97. The molecule has 1 saturated carbocycles. The number of halogens is 1. The number of rotatable bonds is 4. The third kappa shape index (κ3) is 2.38. The minimum absolute atomic E-state index is 0.365. The lowest BCUT2D eigenvalue weighted by atomic mass is 10.2. The first-order valence-electron chi connectivity index (χ1n) is 4.56. The van der Waals surface area contributed by atoms with E-state index < -0.39 is 0 Å². The number of benzene rings is 1. The van der Waals surface area contributed by atoms with Crippen molar-refractivity contribution in [3.63, 3.8) is 0 Å². The van der Waals surface area contributed by atoms with Crippen LogP contribution in [0.1, 0.15) is 18.4 Å². The van der Waals surface area contributed by atoms with E-state index in [0.717, 1.165) is 24.2 Å². The molecular weight excluding hydrogens is 202 g/mol. The van der Waals surface area contributed by atoms with Gasteiger partial charge >= 0.3 is 0 Å². The zero-order valence-electron chi connectivity index (χ0n) is 7.70. The van der Waals surface area contributed by atoms with Gasteiger partial charge in [0.2, 0.25) is 0 Å². The topological polar surface area (TPSA) is 44.5 Å². The highest BCUT2D eigenvalue weighted by Crippen LogP contribution is 2.32. The number of ether oxygens (including phenoxy) is 1. The molecule has 76 valence electrons. The van der Waals surface area contributed by atoms with Crippen molar-refractivity contribution in [1.29, 1.82) is 0 Å². The van der Waals surface area contributed by atoms with Crippen LogP contribution in [-0.2, 0) is 11.4 Å². The van der Waals surface area contributed by atoms with E-state index in [-0.39, 0.29) is 0 Å². The van der Waals surface area contributed by atoms with Gasteiger partial charge in [-0.1, -0.05) is 17.7 Å². The van der Waals surface area contributed by atoms with Crippen LogP contribution >= 0.6 is 11.6 Å². The fraction of sp³-hybridized carbons (Fsp3) is 0.400. The number of hydrogen-bond acceptors (Lipinski definition) is 3. The first-order chi connectivity index (χ1) is 6.79. The number of hydrogen-bond donors (Lipinski definition) is 1. The SMILES string of the molecule is NOCc1ccc(OC2CC2)c(Cl)c1. The zero-order valence-corrected chi connectivity index (χ0v) is 8.46. The Morgan fingerprint density at radius 2 is 2.21 bits per heavy atom. The van der Waals surface area contributed by atoms with Crippen LogP contribution in [0.5, 0.6) is 5.75 Å². The summed E-state index contributed by atoms with van der Waals surface area (Å²) in [5, 5.41) is 0.617. The monoisotopic (exact) mass is 213 g/mol. The molecule has 0 saturated heterocycles. The molecule has 3 nitrogen and oxygen atoms in total. The Hall–Kier alpha value is -0.770. The Labute approximate surface area is 87.7 Å². The van der Waals surface area contributed by atoms with Crippen molar-refractivity contribution in [2.24, 2.45) is 5.90 Å². The molecule has 2 rings (SSSR count). The van der Waals surface area contributed by atoms with Crippen LogP contribution in [0.25, 0.3) is 0 Å². The second kappa shape index (κ2) is 4.17. The predicted octanol–water partition coefficient (Wildman–Crippen LogP) is 2.27. The van der Waals surface area contributed by atoms with Crippen LogP contribution in [0.2, 0.25) is 5.02 Å². The normalized spacial score (nSPS) is 15.6. The summed E-state index contributed by atoms with van der Waals surface area (Å²) in [6.07, 6.45) is 2.62. The van der Waals surface area contributed by atoms with E-state index in [1.807, 2.05) is 18.2 Å². The van der Waals surface area contributed by atoms with Crippen molar-refractivity contribution in [2.75, 3.05) is 0 Å². The molecule has 1 aliphatic carbocycles. The molecule has 0 unspecified atom stereocenters. The lowest BCUT2D eigenvalue weighted by Crippen LogP contribution is -2.00. The van der Waals surface area contributed by atoms with Gasteiger partial charge in [-0.25, -0.2) is 5.90 Å². The fourth-order valence-corrected chi connectivity index (χ4v) is 1.44. The van der Waals surface area contributed by atoms with Crippen LogP contribution < -0.4 is 10.6 Å². The third-order valence-electron chi connectivity index (χ3n) is 2.06. The molecule has 2 N–H and O–H groups in total. The maximum absolute atomic E-state index is 6.02. The molecule has 0 aromatic heterocycles. The van der Waals surface area contributed by atoms with Crippen LogP contribution in [0.15, 0.2) is 18.2 Å². The van der Waals surface area contributed by atoms with E-state index in [1.165, 1.54) is 0 Å².